The standard InChI is InChI=1S/C16H23NO2/c1-11-7-5-6-8-13(11)17-16(14(18)19)10-15(3,4)9-12(16)2/h5-8,12,17H,9-10H2,1-4H3,(H,18,19). The van der Waals surface area contributed by atoms with Crippen molar-refractivity contribution in [3.63, 3.8) is 0 Å². The van der Waals surface area contributed by atoms with Gasteiger partial charge in [-0.3, -0.25) is 0 Å². The van der Waals surface area contributed by atoms with Crippen LogP contribution in [-0.4, -0.2) is 16.6 Å². The van der Waals surface area contributed by atoms with E-state index in [1.54, 1.807) is 0 Å². The van der Waals surface area contributed by atoms with E-state index in [1.165, 1.54) is 0 Å². The Morgan fingerprint density at radius 2 is 2.00 bits per heavy atom. The molecule has 3 heteroatoms. The molecule has 2 rings (SSSR count). The van der Waals surface area contributed by atoms with Crippen LogP contribution in [0.15, 0.2) is 24.3 Å². The minimum absolute atomic E-state index is 0.0630. The second kappa shape index (κ2) is 4.55. The van der Waals surface area contributed by atoms with E-state index in [-0.39, 0.29) is 11.3 Å². The van der Waals surface area contributed by atoms with Gasteiger partial charge >= 0.3 is 5.97 Å². The Bertz CT molecular complexity index is 495. The summed E-state index contributed by atoms with van der Waals surface area (Å²) < 4.78 is 0. The number of carboxylic acid groups (broad SMARTS) is 1. The molecule has 0 aliphatic heterocycles. The number of aryl methyl sites for hydroxylation is 1. The first-order valence-electron chi connectivity index (χ1n) is 6.84. The van der Waals surface area contributed by atoms with Crippen LogP contribution in [0, 0.1) is 18.3 Å². The highest BCUT2D eigenvalue weighted by atomic mass is 16.4. The molecule has 0 aromatic heterocycles. The number of aliphatic carboxylic acids is 1. The largest absolute Gasteiger partial charge is 0.479 e. The van der Waals surface area contributed by atoms with Gasteiger partial charge in [-0.05, 0) is 42.7 Å². The summed E-state index contributed by atoms with van der Waals surface area (Å²) in [6.07, 6.45) is 1.59. The van der Waals surface area contributed by atoms with E-state index < -0.39 is 11.5 Å². The second-order valence-electron chi connectivity index (χ2n) is 6.66. The summed E-state index contributed by atoms with van der Waals surface area (Å²) >= 11 is 0. The van der Waals surface area contributed by atoms with E-state index in [0.717, 1.165) is 17.7 Å². The molecule has 0 heterocycles. The lowest BCUT2D eigenvalue weighted by atomic mass is 9.86. The number of benzene rings is 1. The number of hydrogen-bond acceptors (Lipinski definition) is 2. The fourth-order valence-corrected chi connectivity index (χ4v) is 3.47. The number of rotatable bonds is 3. The van der Waals surface area contributed by atoms with Crippen molar-refractivity contribution in [2.24, 2.45) is 11.3 Å². The normalized spacial score (nSPS) is 29.2. The molecule has 1 aliphatic rings. The van der Waals surface area contributed by atoms with Crippen LogP contribution in [0.25, 0.3) is 0 Å². The lowest BCUT2D eigenvalue weighted by molar-refractivity contribution is -0.143. The predicted octanol–water partition coefficient (Wildman–Crippen LogP) is 3.69. The lowest BCUT2D eigenvalue weighted by Gasteiger charge is -2.32. The third kappa shape index (κ3) is 2.46. The molecule has 1 aliphatic carbocycles. The molecular weight excluding hydrogens is 238 g/mol. The molecular formula is C16H23NO2. The maximum atomic E-state index is 11.9. The molecule has 104 valence electrons. The number of anilines is 1. The SMILES string of the molecule is Cc1ccccc1NC1(C(=O)O)CC(C)(C)CC1C. The molecule has 0 spiro atoms. The van der Waals surface area contributed by atoms with Gasteiger partial charge in [0.2, 0.25) is 0 Å². The summed E-state index contributed by atoms with van der Waals surface area (Å²) in [6, 6.07) is 7.87. The molecule has 0 saturated heterocycles. The molecule has 19 heavy (non-hydrogen) atoms. The van der Waals surface area contributed by atoms with Crippen molar-refractivity contribution in [1.82, 2.24) is 0 Å². The molecule has 2 atom stereocenters. The maximum Gasteiger partial charge on any atom is 0.329 e. The Morgan fingerprint density at radius 1 is 1.37 bits per heavy atom. The smallest absolute Gasteiger partial charge is 0.329 e. The Morgan fingerprint density at radius 3 is 2.47 bits per heavy atom. The fraction of sp³-hybridized carbons (Fsp3) is 0.562. The molecule has 0 amide bonds. The third-order valence-electron chi connectivity index (χ3n) is 4.34. The van der Waals surface area contributed by atoms with Crippen LogP contribution in [-0.2, 0) is 4.79 Å². The van der Waals surface area contributed by atoms with Crippen LogP contribution in [0.3, 0.4) is 0 Å². The molecule has 1 aromatic rings. The molecule has 2 N–H and O–H groups in total. The van der Waals surface area contributed by atoms with Gasteiger partial charge in [0, 0.05) is 5.69 Å². The van der Waals surface area contributed by atoms with E-state index in [1.807, 2.05) is 38.1 Å². The average Bonchev–Trinajstić information content (AvgIpc) is 2.53. The zero-order chi connectivity index (χ0) is 14.3. The van der Waals surface area contributed by atoms with Gasteiger partial charge in [0.1, 0.15) is 5.54 Å². The highest BCUT2D eigenvalue weighted by Crippen LogP contribution is 2.49. The van der Waals surface area contributed by atoms with Crippen LogP contribution < -0.4 is 5.32 Å². The van der Waals surface area contributed by atoms with Crippen molar-refractivity contribution in [2.75, 3.05) is 5.32 Å². The first-order valence-corrected chi connectivity index (χ1v) is 6.84. The minimum atomic E-state index is -0.852. The summed E-state index contributed by atoms with van der Waals surface area (Å²) in [6.45, 7) is 8.33. The lowest BCUT2D eigenvalue weighted by Crippen LogP contribution is -2.49. The average molecular weight is 261 g/mol. The van der Waals surface area contributed by atoms with Gasteiger partial charge in [-0.25, -0.2) is 4.79 Å². The predicted molar refractivity (Wildman–Crippen MR) is 77.3 cm³/mol. The highest BCUT2D eigenvalue weighted by molar-refractivity contribution is 5.84. The van der Waals surface area contributed by atoms with Gasteiger partial charge in [-0.2, -0.15) is 0 Å². The van der Waals surface area contributed by atoms with Gasteiger partial charge < -0.3 is 10.4 Å². The molecule has 2 unspecified atom stereocenters. The minimum Gasteiger partial charge on any atom is -0.479 e. The summed E-state index contributed by atoms with van der Waals surface area (Å²) in [7, 11) is 0. The van der Waals surface area contributed by atoms with Crippen LogP contribution in [0.2, 0.25) is 0 Å². The van der Waals surface area contributed by atoms with Crippen molar-refractivity contribution in [1.29, 1.82) is 0 Å². The highest BCUT2D eigenvalue weighted by Gasteiger charge is 2.54. The van der Waals surface area contributed by atoms with Gasteiger partial charge in [0.25, 0.3) is 0 Å². The number of nitrogens with one attached hydrogen (secondary N) is 1. The van der Waals surface area contributed by atoms with E-state index in [2.05, 4.69) is 19.2 Å². The summed E-state index contributed by atoms with van der Waals surface area (Å²) in [5, 5.41) is 13.1. The monoisotopic (exact) mass is 261 g/mol. The molecule has 1 saturated carbocycles. The van der Waals surface area contributed by atoms with Crippen LogP contribution in [0.5, 0.6) is 0 Å². The molecule has 0 radical (unpaired) electrons. The Kier molecular flexibility index (Phi) is 3.33. The van der Waals surface area contributed by atoms with Crippen LogP contribution in [0.4, 0.5) is 5.69 Å². The molecule has 0 bridgehead atoms. The van der Waals surface area contributed by atoms with E-state index in [0.29, 0.717) is 6.42 Å². The molecule has 1 aromatic carbocycles. The first-order chi connectivity index (χ1) is 8.77. The second-order valence-corrected chi connectivity index (χ2v) is 6.66. The van der Waals surface area contributed by atoms with Crippen LogP contribution >= 0.6 is 0 Å². The summed E-state index contributed by atoms with van der Waals surface area (Å²) in [5.74, 6) is -0.631. The van der Waals surface area contributed by atoms with Crippen molar-refractivity contribution in [3.8, 4) is 0 Å². The van der Waals surface area contributed by atoms with Crippen molar-refractivity contribution in [3.05, 3.63) is 29.8 Å². The third-order valence-corrected chi connectivity index (χ3v) is 4.34. The van der Waals surface area contributed by atoms with E-state index >= 15 is 0 Å². The van der Waals surface area contributed by atoms with Crippen molar-refractivity contribution >= 4 is 11.7 Å². The quantitative estimate of drug-likeness (QED) is 0.872. The number of para-hydroxylation sites is 1. The Balaban J connectivity index is 2.37. The topological polar surface area (TPSA) is 49.3 Å². The summed E-state index contributed by atoms with van der Waals surface area (Å²) in [4.78, 5) is 11.9. The number of carboxylic acids is 1. The van der Waals surface area contributed by atoms with Gasteiger partial charge in [0.05, 0.1) is 0 Å². The number of carbonyl (C=O) groups is 1. The summed E-state index contributed by atoms with van der Waals surface area (Å²) in [5.41, 5.74) is 1.22. The van der Waals surface area contributed by atoms with Crippen molar-refractivity contribution in [2.45, 2.75) is 46.1 Å². The zero-order valence-corrected chi connectivity index (χ0v) is 12.2. The van der Waals surface area contributed by atoms with Gasteiger partial charge in [-0.1, -0.05) is 39.0 Å². The molecule has 1 fully saturated rings. The zero-order valence-electron chi connectivity index (χ0n) is 12.2. The van der Waals surface area contributed by atoms with Gasteiger partial charge in [-0.15, -0.1) is 0 Å². The van der Waals surface area contributed by atoms with Crippen molar-refractivity contribution < 1.29 is 9.90 Å². The Labute approximate surface area is 115 Å². The van der Waals surface area contributed by atoms with E-state index in [9.17, 15) is 9.90 Å². The van der Waals surface area contributed by atoms with Crippen LogP contribution in [0.1, 0.15) is 39.2 Å². The molecule has 3 nitrogen and oxygen atoms in total. The van der Waals surface area contributed by atoms with E-state index in [4.69, 9.17) is 0 Å². The van der Waals surface area contributed by atoms with Gasteiger partial charge in [0.15, 0.2) is 0 Å². The number of hydrogen-bond donors (Lipinski definition) is 2. The fourth-order valence-electron chi connectivity index (χ4n) is 3.47. The first kappa shape index (κ1) is 13.9. The Hall–Kier alpha value is -1.51. The maximum absolute atomic E-state index is 11.9.